The van der Waals surface area contributed by atoms with E-state index in [4.69, 9.17) is 0 Å². The van der Waals surface area contributed by atoms with E-state index in [1.807, 2.05) is 0 Å². The highest BCUT2D eigenvalue weighted by atomic mass is 16.3. The number of nitrogens with one attached hydrogen (secondary N) is 3. The van der Waals surface area contributed by atoms with E-state index >= 15 is 0 Å². The van der Waals surface area contributed by atoms with Crippen LogP contribution in [0.3, 0.4) is 0 Å². The Bertz CT molecular complexity index is 1080. The summed E-state index contributed by atoms with van der Waals surface area (Å²) in [6, 6.07) is 0. The molecule has 8 heteroatoms. The first kappa shape index (κ1) is 71.8. The molecule has 0 saturated carbocycles. The highest BCUT2D eigenvalue weighted by molar-refractivity contribution is 5.76. The minimum Gasteiger partial charge on any atom is -0.390 e. The molecule has 0 aliphatic rings. The van der Waals surface area contributed by atoms with Gasteiger partial charge in [0.15, 0.2) is 0 Å². The van der Waals surface area contributed by atoms with Crippen LogP contribution in [-0.2, 0) is 9.59 Å². The standard InChI is InChI=1S/C65H133N5O3/c1-5-9-13-17-21-25-29-31-35-39-43-47-56-69(60-52-65(73)68-54-46-42-38-34-28-24-20-16-12-8-4)57-49-50-59-70(58-48-44-40-36-32-30-26-22-18-14-10-6-2)62-63(71)61-66-55-51-64(72)67-53-45-41-37-33-27-23-19-15-11-7-3/h63,66,71H,5-62H2,1-4H3,(H,67,72)(H,68,73). The molecule has 0 spiro atoms. The molecule has 1 atom stereocenters. The number of nitrogens with zero attached hydrogens (tertiary/aromatic N) is 2. The molecule has 0 heterocycles. The van der Waals surface area contributed by atoms with Crippen LogP contribution in [0, 0.1) is 0 Å². The van der Waals surface area contributed by atoms with E-state index in [1.54, 1.807) is 0 Å². The molecule has 0 aliphatic heterocycles. The fraction of sp³-hybridized carbons (Fsp3) is 0.969. The van der Waals surface area contributed by atoms with Gasteiger partial charge in [-0.2, -0.15) is 0 Å². The predicted molar refractivity (Wildman–Crippen MR) is 322 cm³/mol. The molecule has 0 radical (unpaired) electrons. The Morgan fingerprint density at radius 1 is 0.315 bits per heavy atom. The molecule has 0 rings (SSSR count). The number of carbonyl (C=O) groups excluding carboxylic acids is 2. The third kappa shape index (κ3) is 58.3. The lowest BCUT2D eigenvalue weighted by molar-refractivity contribution is -0.122. The first-order chi connectivity index (χ1) is 36.0. The van der Waals surface area contributed by atoms with Crippen molar-refractivity contribution >= 4 is 11.8 Å². The summed E-state index contributed by atoms with van der Waals surface area (Å²) in [6.07, 6.45) is 61.7. The molecular formula is C65H133N5O3. The number of hydrogen-bond acceptors (Lipinski definition) is 6. The third-order valence-electron chi connectivity index (χ3n) is 15.6. The molecule has 0 aromatic carbocycles. The Hall–Kier alpha value is -1.22. The lowest BCUT2D eigenvalue weighted by Crippen LogP contribution is -2.40. The first-order valence-electron chi connectivity index (χ1n) is 33.3. The van der Waals surface area contributed by atoms with E-state index in [2.05, 4.69) is 53.4 Å². The number of aliphatic hydroxyl groups excluding tert-OH is 1. The number of hydrogen-bond donors (Lipinski definition) is 4. The highest BCUT2D eigenvalue weighted by Crippen LogP contribution is 2.16. The Kier molecular flexibility index (Phi) is 60.6. The molecule has 0 saturated heterocycles. The summed E-state index contributed by atoms with van der Waals surface area (Å²) in [5.41, 5.74) is 0. The molecule has 436 valence electrons. The highest BCUT2D eigenvalue weighted by Gasteiger charge is 2.14. The summed E-state index contributed by atoms with van der Waals surface area (Å²) in [5, 5.41) is 21.0. The molecule has 1 unspecified atom stereocenters. The van der Waals surface area contributed by atoms with Crippen LogP contribution in [0.15, 0.2) is 0 Å². The zero-order chi connectivity index (χ0) is 53.0. The van der Waals surface area contributed by atoms with Gasteiger partial charge in [0, 0.05) is 52.1 Å². The van der Waals surface area contributed by atoms with Crippen molar-refractivity contribution in [2.75, 3.05) is 65.4 Å². The number of amides is 2. The lowest BCUT2D eigenvalue weighted by Gasteiger charge is -2.26. The SMILES string of the molecule is CCCCCCCCCCCCCCN(CCCCN(CCCCCCCCCCCCCC)CC(O)CNCCC(=O)NCCCCCCCCCCCC)CCC(=O)NCCCCCCCCCCCC. The van der Waals surface area contributed by atoms with Gasteiger partial charge in [-0.25, -0.2) is 0 Å². The lowest BCUT2D eigenvalue weighted by atomic mass is 10.1. The predicted octanol–water partition coefficient (Wildman–Crippen LogP) is 17.6. The second kappa shape index (κ2) is 61.6. The zero-order valence-electron chi connectivity index (χ0n) is 50.2. The van der Waals surface area contributed by atoms with E-state index < -0.39 is 6.10 Å². The van der Waals surface area contributed by atoms with Crippen LogP contribution >= 0.6 is 0 Å². The Labute approximate surface area is 457 Å². The largest absolute Gasteiger partial charge is 0.390 e. The van der Waals surface area contributed by atoms with Crippen molar-refractivity contribution in [3.8, 4) is 0 Å². The number of aliphatic hydroxyl groups is 1. The Morgan fingerprint density at radius 3 is 0.904 bits per heavy atom. The van der Waals surface area contributed by atoms with Gasteiger partial charge in [-0.3, -0.25) is 9.59 Å². The van der Waals surface area contributed by atoms with Gasteiger partial charge < -0.3 is 30.9 Å². The number of rotatable bonds is 63. The van der Waals surface area contributed by atoms with Crippen molar-refractivity contribution in [2.45, 2.75) is 342 Å². The maximum absolute atomic E-state index is 13.0. The van der Waals surface area contributed by atoms with Gasteiger partial charge in [0.05, 0.1) is 6.10 Å². The van der Waals surface area contributed by atoms with E-state index in [-0.39, 0.29) is 11.8 Å². The molecule has 73 heavy (non-hydrogen) atoms. The second-order valence-corrected chi connectivity index (χ2v) is 23.0. The van der Waals surface area contributed by atoms with E-state index in [0.717, 1.165) is 71.5 Å². The monoisotopic (exact) mass is 1030 g/mol. The number of carbonyl (C=O) groups is 2. The van der Waals surface area contributed by atoms with Crippen molar-refractivity contribution in [3.63, 3.8) is 0 Å². The van der Waals surface area contributed by atoms with Gasteiger partial charge in [0.2, 0.25) is 11.8 Å². The fourth-order valence-electron chi connectivity index (χ4n) is 10.6. The van der Waals surface area contributed by atoms with Gasteiger partial charge in [-0.15, -0.1) is 0 Å². The third-order valence-corrected chi connectivity index (χ3v) is 15.6. The van der Waals surface area contributed by atoms with Crippen molar-refractivity contribution in [1.82, 2.24) is 25.8 Å². The van der Waals surface area contributed by atoms with Crippen LogP contribution in [0.5, 0.6) is 0 Å². The summed E-state index contributed by atoms with van der Waals surface area (Å²) in [5.74, 6) is 0.334. The van der Waals surface area contributed by atoms with Gasteiger partial charge in [-0.1, -0.05) is 285 Å². The van der Waals surface area contributed by atoms with E-state index in [1.165, 1.54) is 270 Å². The van der Waals surface area contributed by atoms with Crippen LogP contribution in [0.25, 0.3) is 0 Å². The fourth-order valence-corrected chi connectivity index (χ4v) is 10.6. The first-order valence-corrected chi connectivity index (χ1v) is 33.3. The summed E-state index contributed by atoms with van der Waals surface area (Å²) in [7, 11) is 0. The molecule has 0 bridgehead atoms. The molecule has 0 aliphatic carbocycles. The molecule has 8 nitrogen and oxygen atoms in total. The molecule has 2 amide bonds. The Morgan fingerprint density at radius 2 is 0.575 bits per heavy atom. The molecule has 4 N–H and O–H groups in total. The molecule has 0 aromatic rings. The minimum atomic E-state index is -0.451. The minimum absolute atomic E-state index is 0.115. The van der Waals surface area contributed by atoms with E-state index in [0.29, 0.717) is 32.5 Å². The summed E-state index contributed by atoms with van der Waals surface area (Å²) >= 11 is 0. The summed E-state index contributed by atoms with van der Waals surface area (Å²) in [6.45, 7) is 17.6. The molecule has 0 aromatic heterocycles. The van der Waals surface area contributed by atoms with Gasteiger partial charge in [0.25, 0.3) is 0 Å². The van der Waals surface area contributed by atoms with Crippen LogP contribution < -0.4 is 16.0 Å². The average molecular weight is 1030 g/mol. The van der Waals surface area contributed by atoms with Crippen molar-refractivity contribution < 1.29 is 14.7 Å². The smallest absolute Gasteiger partial charge is 0.221 e. The van der Waals surface area contributed by atoms with Crippen LogP contribution in [0.2, 0.25) is 0 Å². The van der Waals surface area contributed by atoms with Crippen molar-refractivity contribution in [3.05, 3.63) is 0 Å². The topological polar surface area (TPSA) is 96.9 Å². The zero-order valence-corrected chi connectivity index (χ0v) is 50.2. The maximum atomic E-state index is 13.0. The van der Waals surface area contributed by atoms with E-state index in [9.17, 15) is 14.7 Å². The van der Waals surface area contributed by atoms with Crippen molar-refractivity contribution in [1.29, 1.82) is 0 Å². The van der Waals surface area contributed by atoms with Crippen LogP contribution in [0.4, 0.5) is 0 Å². The summed E-state index contributed by atoms with van der Waals surface area (Å²) < 4.78 is 0. The Balaban J connectivity index is 4.93. The van der Waals surface area contributed by atoms with Crippen LogP contribution in [-0.4, -0.2) is 98.3 Å². The van der Waals surface area contributed by atoms with Gasteiger partial charge in [0.1, 0.15) is 0 Å². The normalized spacial score (nSPS) is 12.2. The molecule has 0 fully saturated rings. The van der Waals surface area contributed by atoms with Gasteiger partial charge in [-0.05, 0) is 64.7 Å². The van der Waals surface area contributed by atoms with Crippen molar-refractivity contribution in [2.24, 2.45) is 0 Å². The number of unbranched alkanes of at least 4 members (excludes halogenated alkanes) is 41. The average Bonchev–Trinajstić information content (AvgIpc) is 3.39. The summed E-state index contributed by atoms with van der Waals surface area (Å²) in [4.78, 5) is 30.6. The maximum Gasteiger partial charge on any atom is 0.221 e. The second-order valence-electron chi connectivity index (χ2n) is 23.0. The van der Waals surface area contributed by atoms with Crippen LogP contribution in [0.1, 0.15) is 336 Å². The van der Waals surface area contributed by atoms with Gasteiger partial charge >= 0.3 is 0 Å². The quantitative estimate of drug-likeness (QED) is 0.0453. The molecular weight excluding hydrogens is 899 g/mol.